The van der Waals surface area contributed by atoms with Gasteiger partial charge in [0.05, 0.1) is 16.9 Å². The molecular weight excluding hydrogens is 751 g/mol. The standard InChI is InChI=1S/C59H45N3/c1-58(2)49-30-18-16-26-43(49)45-34-32-41(36-51(45)58)61(42-33-35-46-44-27-17-19-31-50(44)59(3,4)52(46)37-42)57-48-29-15-14-28-47(48)56-53(38-20-8-5-9-21-38)54(39-22-10-6-11-23-39)60-62(56)55(57)40-24-12-7-13-25-40/h5-37H,1-4H3. The van der Waals surface area contributed by atoms with Gasteiger partial charge in [0.15, 0.2) is 0 Å². The van der Waals surface area contributed by atoms with Crippen molar-refractivity contribution in [2.24, 2.45) is 0 Å². The average Bonchev–Trinajstić information content (AvgIpc) is 3.91. The van der Waals surface area contributed by atoms with Crippen LogP contribution >= 0.6 is 0 Å². The van der Waals surface area contributed by atoms with Crippen LogP contribution in [0.3, 0.4) is 0 Å². The molecule has 0 amide bonds. The van der Waals surface area contributed by atoms with Gasteiger partial charge in [0.25, 0.3) is 0 Å². The predicted octanol–water partition coefficient (Wildman–Crippen LogP) is 15.6. The smallest absolute Gasteiger partial charge is 0.101 e. The zero-order chi connectivity index (χ0) is 41.7. The molecule has 2 aliphatic rings. The predicted molar refractivity (Wildman–Crippen MR) is 259 cm³/mol. The Morgan fingerprint density at radius 3 is 1.39 bits per heavy atom. The minimum absolute atomic E-state index is 0.180. The van der Waals surface area contributed by atoms with E-state index in [1.807, 2.05) is 0 Å². The van der Waals surface area contributed by atoms with Crippen molar-refractivity contribution in [2.45, 2.75) is 38.5 Å². The molecular formula is C59H45N3. The van der Waals surface area contributed by atoms with E-state index >= 15 is 0 Å². The topological polar surface area (TPSA) is 20.5 Å². The highest BCUT2D eigenvalue weighted by Crippen LogP contribution is 2.55. The van der Waals surface area contributed by atoms with Gasteiger partial charge in [-0.15, -0.1) is 0 Å². The Balaban J connectivity index is 1.23. The van der Waals surface area contributed by atoms with E-state index in [9.17, 15) is 0 Å². The van der Waals surface area contributed by atoms with Gasteiger partial charge in [-0.05, 0) is 74.3 Å². The van der Waals surface area contributed by atoms with Gasteiger partial charge in [0, 0.05) is 49.7 Å². The summed E-state index contributed by atoms with van der Waals surface area (Å²) in [5.74, 6) is 0. The van der Waals surface area contributed by atoms with Gasteiger partial charge < -0.3 is 4.90 Å². The van der Waals surface area contributed by atoms with Gasteiger partial charge in [-0.2, -0.15) is 5.10 Å². The molecule has 8 aromatic carbocycles. The molecule has 3 heteroatoms. The van der Waals surface area contributed by atoms with E-state index in [1.54, 1.807) is 0 Å². The second-order valence-electron chi connectivity index (χ2n) is 18.0. The zero-order valence-corrected chi connectivity index (χ0v) is 35.4. The lowest BCUT2D eigenvalue weighted by Crippen LogP contribution is -2.19. The van der Waals surface area contributed by atoms with Crippen molar-refractivity contribution in [3.05, 3.63) is 222 Å². The number of fused-ring (bicyclic) bond motifs is 9. The summed E-state index contributed by atoms with van der Waals surface area (Å²) in [5.41, 5.74) is 21.1. The van der Waals surface area contributed by atoms with Gasteiger partial charge >= 0.3 is 0 Å². The van der Waals surface area contributed by atoms with Crippen LogP contribution in [0.15, 0.2) is 200 Å². The van der Waals surface area contributed by atoms with E-state index < -0.39 is 0 Å². The van der Waals surface area contributed by atoms with Gasteiger partial charge in [0.1, 0.15) is 5.69 Å². The molecule has 0 fully saturated rings. The summed E-state index contributed by atoms with van der Waals surface area (Å²) < 4.78 is 2.25. The van der Waals surface area contributed by atoms with Crippen LogP contribution in [0.25, 0.3) is 72.2 Å². The molecule has 0 saturated carbocycles. The van der Waals surface area contributed by atoms with Crippen molar-refractivity contribution in [1.29, 1.82) is 0 Å². The van der Waals surface area contributed by atoms with Crippen molar-refractivity contribution in [3.8, 4) is 55.9 Å². The summed E-state index contributed by atoms with van der Waals surface area (Å²) >= 11 is 0. The van der Waals surface area contributed by atoms with Crippen LogP contribution in [0.1, 0.15) is 49.9 Å². The second-order valence-corrected chi connectivity index (χ2v) is 18.0. The molecule has 0 N–H and O–H groups in total. The highest BCUT2D eigenvalue weighted by molar-refractivity contribution is 6.16. The summed E-state index contributed by atoms with van der Waals surface area (Å²) in [4.78, 5) is 2.54. The van der Waals surface area contributed by atoms with E-state index in [2.05, 4.69) is 237 Å². The third-order valence-corrected chi connectivity index (χ3v) is 13.8. The fourth-order valence-electron chi connectivity index (χ4n) is 10.8. The number of pyridine rings is 1. The second kappa shape index (κ2) is 13.5. The monoisotopic (exact) mass is 795 g/mol. The molecule has 12 rings (SSSR count). The van der Waals surface area contributed by atoms with Crippen LogP contribution in [0, 0.1) is 0 Å². The lowest BCUT2D eigenvalue weighted by molar-refractivity contribution is 0.660. The normalized spacial score (nSPS) is 14.1. The molecule has 3 nitrogen and oxygen atoms in total. The SMILES string of the molecule is CC1(C)c2ccccc2-c2ccc(N(c3ccc4c(c3)C(C)(C)c3ccccc3-4)c3c(-c4ccccc4)n4nc(-c5ccccc5)c(-c5ccccc5)c4c4ccccc34)cc21. The maximum absolute atomic E-state index is 5.72. The van der Waals surface area contributed by atoms with E-state index in [4.69, 9.17) is 5.10 Å². The Hall–Kier alpha value is -7.49. The number of aromatic nitrogens is 2. The molecule has 0 unspecified atom stereocenters. The van der Waals surface area contributed by atoms with Crippen LogP contribution in [0.4, 0.5) is 17.1 Å². The molecule has 0 spiro atoms. The van der Waals surface area contributed by atoms with E-state index in [1.165, 1.54) is 44.5 Å². The van der Waals surface area contributed by atoms with Crippen molar-refractivity contribution >= 4 is 33.4 Å². The highest BCUT2D eigenvalue weighted by atomic mass is 15.3. The van der Waals surface area contributed by atoms with Crippen molar-refractivity contribution < 1.29 is 0 Å². The summed E-state index contributed by atoms with van der Waals surface area (Å²) in [6.07, 6.45) is 0. The third kappa shape index (κ3) is 5.21. The number of hydrogen-bond acceptors (Lipinski definition) is 2. The number of nitrogens with zero attached hydrogens (tertiary/aromatic N) is 3. The molecule has 2 aliphatic carbocycles. The first kappa shape index (κ1) is 36.4. The molecule has 10 aromatic rings. The Morgan fingerprint density at radius 1 is 0.403 bits per heavy atom. The number of hydrogen-bond donors (Lipinski definition) is 0. The molecule has 0 atom stereocenters. The Bertz CT molecular complexity index is 3290. The number of benzene rings is 8. The summed E-state index contributed by atoms with van der Waals surface area (Å²) in [6, 6.07) is 73.4. The zero-order valence-electron chi connectivity index (χ0n) is 35.4. The maximum Gasteiger partial charge on any atom is 0.101 e. The van der Waals surface area contributed by atoms with Gasteiger partial charge in [-0.1, -0.05) is 204 Å². The van der Waals surface area contributed by atoms with E-state index in [0.29, 0.717) is 0 Å². The van der Waals surface area contributed by atoms with Crippen LogP contribution < -0.4 is 4.90 Å². The van der Waals surface area contributed by atoms with Gasteiger partial charge in [-0.3, -0.25) is 0 Å². The number of rotatable bonds is 6. The Morgan fingerprint density at radius 2 is 0.839 bits per heavy atom. The molecule has 0 saturated heterocycles. The summed E-state index contributed by atoms with van der Waals surface area (Å²) in [7, 11) is 0. The average molecular weight is 796 g/mol. The minimum atomic E-state index is -0.180. The van der Waals surface area contributed by atoms with Crippen molar-refractivity contribution in [3.63, 3.8) is 0 Å². The third-order valence-electron chi connectivity index (χ3n) is 13.8. The van der Waals surface area contributed by atoms with Gasteiger partial charge in [0.2, 0.25) is 0 Å². The van der Waals surface area contributed by atoms with Crippen LogP contribution in [-0.2, 0) is 10.8 Å². The first-order valence-electron chi connectivity index (χ1n) is 21.7. The van der Waals surface area contributed by atoms with Gasteiger partial charge in [-0.25, -0.2) is 4.52 Å². The molecule has 0 bridgehead atoms. The highest BCUT2D eigenvalue weighted by Gasteiger charge is 2.38. The molecule has 0 aliphatic heterocycles. The molecule has 2 heterocycles. The molecule has 2 aromatic heterocycles. The first-order valence-corrected chi connectivity index (χ1v) is 21.7. The van der Waals surface area contributed by atoms with Crippen LogP contribution in [0.2, 0.25) is 0 Å². The quantitative estimate of drug-likeness (QED) is 0.167. The van der Waals surface area contributed by atoms with Crippen molar-refractivity contribution in [1.82, 2.24) is 9.61 Å². The molecule has 296 valence electrons. The lowest BCUT2D eigenvalue weighted by atomic mass is 9.82. The molecule has 62 heavy (non-hydrogen) atoms. The fourth-order valence-corrected chi connectivity index (χ4v) is 10.8. The van der Waals surface area contributed by atoms with E-state index in [-0.39, 0.29) is 10.8 Å². The lowest BCUT2D eigenvalue weighted by Gasteiger charge is -2.32. The van der Waals surface area contributed by atoms with Crippen LogP contribution in [-0.4, -0.2) is 9.61 Å². The summed E-state index contributed by atoms with van der Waals surface area (Å²) in [6.45, 7) is 9.49. The number of anilines is 3. The van der Waals surface area contributed by atoms with E-state index in [0.717, 1.165) is 67.0 Å². The summed E-state index contributed by atoms with van der Waals surface area (Å²) in [5, 5.41) is 8.02. The fraction of sp³-hybridized carbons (Fsp3) is 0.102. The first-order chi connectivity index (χ1) is 30.3. The molecule has 0 radical (unpaired) electrons. The Kier molecular flexibility index (Phi) is 7.92. The largest absolute Gasteiger partial charge is 0.308 e. The van der Waals surface area contributed by atoms with Crippen LogP contribution in [0.5, 0.6) is 0 Å². The van der Waals surface area contributed by atoms with Crippen molar-refractivity contribution in [2.75, 3.05) is 4.90 Å². The Labute approximate surface area is 363 Å². The minimum Gasteiger partial charge on any atom is -0.308 e. The maximum atomic E-state index is 5.72.